The predicted molar refractivity (Wildman–Crippen MR) is 86.1 cm³/mol. The molecule has 2 aromatic rings. The molecule has 1 aromatic heterocycles. The smallest absolute Gasteiger partial charge is 0.249 e. The van der Waals surface area contributed by atoms with Gasteiger partial charge in [-0.05, 0) is 38.1 Å². The van der Waals surface area contributed by atoms with Gasteiger partial charge in [0.25, 0.3) is 0 Å². The number of benzene rings is 1. The van der Waals surface area contributed by atoms with E-state index >= 15 is 0 Å². The maximum absolute atomic E-state index is 12.3. The lowest BCUT2D eigenvalue weighted by Crippen LogP contribution is -2.29. The third-order valence-corrected chi connectivity index (χ3v) is 3.37. The van der Waals surface area contributed by atoms with Crippen molar-refractivity contribution in [3.63, 3.8) is 0 Å². The number of hydrogen-bond donors (Lipinski definition) is 1. The maximum atomic E-state index is 12.3. The molecule has 0 fully saturated rings. The van der Waals surface area contributed by atoms with Crippen LogP contribution < -0.4 is 5.32 Å². The number of hydrogen-bond acceptors (Lipinski definition) is 4. The number of carbonyl (C=O) groups excluding carboxylic acids is 2. The number of aromatic nitrogens is 2. The Balaban J connectivity index is 2.16. The van der Waals surface area contributed by atoms with Crippen LogP contribution in [0.15, 0.2) is 36.5 Å². The highest BCUT2D eigenvalue weighted by Crippen LogP contribution is 2.17. The molecule has 23 heavy (non-hydrogen) atoms. The van der Waals surface area contributed by atoms with Gasteiger partial charge in [-0.3, -0.25) is 14.3 Å². The Morgan fingerprint density at radius 3 is 2.65 bits per heavy atom. The molecule has 0 aliphatic heterocycles. The van der Waals surface area contributed by atoms with Crippen LogP contribution in [-0.2, 0) is 4.79 Å². The highest BCUT2D eigenvalue weighted by atomic mass is 35.5. The highest BCUT2D eigenvalue weighted by molar-refractivity contribution is 6.31. The zero-order valence-electron chi connectivity index (χ0n) is 12.7. The Kier molecular flexibility index (Phi) is 5.14. The summed E-state index contributed by atoms with van der Waals surface area (Å²) < 4.78 is 1.59. The zero-order chi connectivity index (χ0) is 17.0. The standard InChI is InChI=1S/C16H15ClN4O2/c1-10(2)21-7-6-14(20-21)15(22)13(9-18)16(23)19-12-5-3-4-11(17)8-12/h3-8,10,13H,1-2H3,(H,19,23)/t13-/m0/s1. The van der Waals surface area contributed by atoms with Crippen LogP contribution in [0.4, 0.5) is 5.69 Å². The Bertz CT molecular complexity index is 776. The summed E-state index contributed by atoms with van der Waals surface area (Å²) in [6.45, 7) is 3.82. The van der Waals surface area contributed by atoms with Gasteiger partial charge in [0.1, 0.15) is 5.69 Å². The molecule has 1 N–H and O–H groups in total. The van der Waals surface area contributed by atoms with Gasteiger partial charge >= 0.3 is 0 Å². The summed E-state index contributed by atoms with van der Waals surface area (Å²) in [5, 5.41) is 16.2. The van der Waals surface area contributed by atoms with Crippen molar-refractivity contribution in [1.82, 2.24) is 9.78 Å². The predicted octanol–water partition coefficient (Wildman–Crippen LogP) is 3.08. The van der Waals surface area contributed by atoms with Crippen LogP contribution in [0.2, 0.25) is 5.02 Å². The van der Waals surface area contributed by atoms with E-state index in [0.717, 1.165) is 0 Å². The van der Waals surface area contributed by atoms with Gasteiger partial charge in [-0.15, -0.1) is 0 Å². The average Bonchev–Trinajstić information content (AvgIpc) is 2.97. The van der Waals surface area contributed by atoms with Gasteiger partial charge in [-0.2, -0.15) is 10.4 Å². The molecule has 6 nitrogen and oxygen atoms in total. The van der Waals surface area contributed by atoms with Gasteiger partial charge in [-0.1, -0.05) is 17.7 Å². The van der Waals surface area contributed by atoms with Gasteiger partial charge in [0, 0.05) is 22.9 Å². The highest BCUT2D eigenvalue weighted by Gasteiger charge is 2.29. The van der Waals surface area contributed by atoms with Crippen molar-refractivity contribution in [1.29, 1.82) is 5.26 Å². The van der Waals surface area contributed by atoms with Gasteiger partial charge in [0.2, 0.25) is 11.7 Å². The first-order chi connectivity index (χ1) is 10.9. The number of amides is 1. The van der Waals surface area contributed by atoms with Crippen LogP contribution in [-0.4, -0.2) is 21.5 Å². The summed E-state index contributed by atoms with van der Waals surface area (Å²) in [7, 11) is 0. The van der Waals surface area contributed by atoms with Gasteiger partial charge in [0.05, 0.1) is 6.07 Å². The number of rotatable bonds is 5. The number of anilines is 1. The number of carbonyl (C=O) groups is 2. The van der Waals surface area contributed by atoms with Gasteiger partial charge in [0.15, 0.2) is 5.92 Å². The normalized spacial score (nSPS) is 11.8. The monoisotopic (exact) mass is 330 g/mol. The Morgan fingerprint density at radius 1 is 1.35 bits per heavy atom. The fourth-order valence-electron chi connectivity index (χ4n) is 1.92. The minimum Gasteiger partial charge on any atom is -0.324 e. The molecule has 0 radical (unpaired) electrons. The molecule has 0 spiro atoms. The molecule has 1 heterocycles. The largest absolute Gasteiger partial charge is 0.324 e. The third-order valence-electron chi connectivity index (χ3n) is 3.14. The van der Waals surface area contributed by atoms with E-state index in [-0.39, 0.29) is 11.7 Å². The summed E-state index contributed by atoms with van der Waals surface area (Å²) >= 11 is 5.84. The summed E-state index contributed by atoms with van der Waals surface area (Å²) in [5.74, 6) is -2.81. The van der Waals surface area contributed by atoms with Gasteiger partial charge < -0.3 is 5.32 Å². The Hall–Kier alpha value is -2.65. The van der Waals surface area contributed by atoms with E-state index in [4.69, 9.17) is 11.6 Å². The Labute approximate surface area is 138 Å². The van der Waals surface area contributed by atoms with Crippen molar-refractivity contribution in [2.45, 2.75) is 19.9 Å². The number of nitrogens with zero attached hydrogens (tertiary/aromatic N) is 3. The van der Waals surface area contributed by atoms with Crippen LogP contribution in [0, 0.1) is 17.2 Å². The lowest BCUT2D eigenvalue weighted by atomic mass is 10.0. The molecule has 0 bridgehead atoms. The van der Waals surface area contributed by atoms with Crippen LogP contribution in [0.1, 0.15) is 30.4 Å². The SMILES string of the molecule is CC(C)n1ccc(C(=O)[C@H](C#N)C(=O)Nc2cccc(Cl)c2)n1. The van der Waals surface area contributed by atoms with Crippen LogP contribution >= 0.6 is 11.6 Å². The average molecular weight is 331 g/mol. The number of nitriles is 1. The van der Waals surface area contributed by atoms with Gasteiger partial charge in [-0.25, -0.2) is 0 Å². The molecule has 1 aromatic carbocycles. The second-order valence-electron chi connectivity index (χ2n) is 5.20. The molecule has 0 aliphatic carbocycles. The van der Waals surface area contributed by atoms with Crippen LogP contribution in [0.25, 0.3) is 0 Å². The van der Waals surface area contributed by atoms with Crippen molar-refractivity contribution in [3.05, 3.63) is 47.2 Å². The van der Waals surface area contributed by atoms with E-state index in [0.29, 0.717) is 10.7 Å². The zero-order valence-corrected chi connectivity index (χ0v) is 13.4. The maximum Gasteiger partial charge on any atom is 0.249 e. The van der Waals surface area contributed by atoms with Crippen molar-refractivity contribution < 1.29 is 9.59 Å². The van der Waals surface area contributed by atoms with E-state index in [1.807, 2.05) is 13.8 Å². The second kappa shape index (κ2) is 7.07. The lowest BCUT2D eigenvalue weighted by Gasteiger charge is -2.09. The number of halogens is 1. The van der Waals surface area contributed by atoms with E-state index in [1.54, 1.807) is 35.1 Å². The molecule has 1 amide bonds. The minimum atomic E-state index is -1.47. The lowest BCUT2D eigenvalue weighted by molar-refractivity contribution is -0.117. The minimum absolute atomic E-state index is 0.0809. The summed E-state index contributed by atoms with van der Waals surface area (Å²) in [6, 6.07) is 9.78. The molecule has 1 atom stereocenters. The van der Waals surface area contributed by atoms with Crippen molar-refractivity contribution in [2.75, 3.05) is 5.32 Å². The quantitative estimate of drug-likeness (QED) is 0.674. The first kappa shape index (κ1) is 16.7. The number of Topliss-reactive ketones (excluding diaryl/α,β-unsaturated/α-hetero) is 1. The fraction of sp³-hybridized carbons (Fsp3) is 0.250. The third kappa shape index (κ3) is 3.96. The van der Waals surface area contributed by atoms with Crippen LogP contribution in [0.3, 0.4) is 0 Å². The van der Waals surface area contributed by atoms with Crippen molar-refractivity contribution in [3.8, 4) is 6.07 Å². The van der Waals surface area contributed by atoms with E-state index in [9.17, 15) is 14.9 Å². The molecule has 7 heteroatoms. The Morgan fingerprint density at radius 2 is 2.09 bits per heavy atom. The molecular formula is C16H15ClN4O2. The van der Waals surface area contributed by atoms with Crippen molar-refractivity contribution in [2.24, 2.45) is 5.92 Å². The van der Waals surface area contributed by atoms with Crippen molar-refractivity contribution >= 4 is 29.0 Å². The molecule has 0 aliphatic rings. The van der Waals surface area contributed by atoms with E-state index in [1.165, 1.54) is 12.1 Å². The summed E-state index contributed by atoms with van der Waals surface area (Å²) in [5.41, 5.74) is 0.509. The van der Waals surface area contributed by atoms with E-state index < -0.39 is 17.6 Å². The topological polar surface area (TPSA) is 87.8 Å². The fourth-order valence-corrected chi connectivity index (χ4v) is 2.11. The molecule has 0 saturated heterocycles. The number of ketones is 1. The molecule has 2 rings (SSSR count). The molecule has 118 valence electrons. The summed E-state index contributed by atoms with van der Waals surface area (Å²) in [4.78, 5) is 24.5. The molecule has 0 saturated carbocycles. The van der Waals surface area contributed by atoms with E-state index in [2.05, 4.69) is 10.4 Å². The summed E-state index contributed by atoms with van der Waals surface area (Å²) in [6.07, 6.45) is 1.64. The molecule has 0 unspecified atom stereocenters. The first-order valence-corrected chi connectivity index (χ1v) is 7.35. The first-order valence-electron chi connectivity index (χ1n) is 6.97. The van der Waals surface area contributed by atoms with Crippen LogP contribution in [0.5, 0.6) is 0 Å². The second-order valence-corrected chi connectivity index (χ2v) is 5.64. The number of nitrogens with one attached hydrogen (secondary N) is 1. The molecular weight excluding hydrogens is 316 g/mol.